The Kier molecular flexibility index (Phi) is 28.8. The highest BCUT2D eigenvalue weighted by Crippen LogP contribution is 2.48. The van der Waals surface area contributed by atoms with Crippen LogP contribution in [0.3, 0.4) is 0 Å². The van der Waals surface area contributed by atoms with E-state index in [1.807, 2.05) is 44.2 Å². The third kappa shape index (κ3) is 20.6. The van der Waals surface area contributed by atoms with Gasteiger partial charge in [-0.25, -0.2) is 29.5 Å². The molecule has 4 saturated heterocycles. The molecular formula is C83H87N15O28P3+3. The third-order valence-corrected chi connectivity index (χ3v) is 23.8. The molecule has 0 spiro atoms. The van der Waals surface area contributed by atoms with E-state index in [1.54, 1.807) is 97.1 Å². The van der Waals surface area contributed by atoms with E-state index in [2.05, 4.69) is 55.8 Å². The van der Waals surface area contributed by atoms with Crippen LogP contribution in [0.2, 0.25) is 0 Å². The lowest BCUT2D eigenvalue weighted by Crippen LogP contribution is -2.40. The number of benzene rings is 5. The number of H-pyrrole nitrogens is 2. The number of aromatic nitrogens is 12. The van der Waals surface area contributed by atoms with Gasteiger partial charge in [-0.05, 0) is 91.1 Å². The first-order valence-electron chi connectivity index (χ1n) is 40.4. The van der Waals surface area contributed by atoms with Crippen molar-refractivity contribution >= 4 is 88.2 Å². The Morgan fingerprint density at radius 2 is 1.06 bits per heavy atom. The van der Waals surface area contributed by atoms with Crippen molar-refractivity contribution in [1.29, 1.82) is 0 Å². The highest BCUT2D eigenvalue weighted by Gasteiger charge is 2.58. The lowest BCUT2D eigenvalue weighted by atomic mass is 9.80. The van der Waals surface area contributed by atoms with Gasteiger partial charge in [0.05, 0.1) is 39.9 Å². The molecule has 15 rings (SSSR count). The second-order valence-corrected chi connectivity index (χ2v) is 33.3. The maximum Gasteiger partial charge on any atom is 0.697 e. The number of aliphatic hydroxyl groups is 3. The first-order valence-corrected chi connectivity index (χ1v) is 43.7. The molecule has 3 unspecified atom stereocenters. The van der Waals surface area contributed by atoms with Crippen LogP contribution >= 0.6 is 24.8 Å². The Balaban J connectivity index is 0.714. The number of Topliss-reactive ketones (excluding diaryl/α,β-unsaturated/α-hetero) is 1. The maximum atomic E-state index is 15.0. The summed E-state index contributed by atoms with van der Waals surface area (Å²) in [6, 6.07) is 40.7. The Bertz CT molecular complexity index is 6130. The molecule has 4 aliphatic rings. The van der Waals surface area contributed by atoms with Crippen molar-refractivity contribution in [2.24, 2.45) is 5.92 Å². The molecule has 674 valence electrons. The summed E-state index contributed by atoms with van der Waals surface area (Å²) in [5, 5.41) is 45.9. The van der Waals surface area contributed by atoms with Gasteiger partial charge in [-0.2, -0.15) is 9.97 Å². The van der Waals surface area contributed by atoms with Crippen molar-refractivity contribution in [3.8, 4) is 11.5 Å². The number of aromatic amines is 2. The van der Waals surface area contributed by atoms with Gasteiger partial charge in [-0.3, -0.25) is 52.2 Å². The summed E-state index contributed by atoms with van der Waals surface area (Å²) >= 11 is 0. The molecule has 0 aliphatic carbocycles. The molecule has 0 saturated carbocycles. The summed E-state index contributed by atoms with van der Waals surface area (Å²) in [6.45, 7) is 3.95. The van der Waals surface area contributed by atoms with Gasteiger partial charge in [-0.15, -0.1) is 27.1 Å². The smallest absolute Gasteiger partial charge is 0.497 e. The lowest BCUT2D eigenvalue weighted by Gasteiger charge is -2.37. The summed E-state index contributed by atoms with van der Waals surface area (Å²) in [5.74, 6) is -1.43. The zero-order valence-electron chi connectivity index (χ0n) is 69.5. The van der Waals surface area contributed by atoms with E-state index in [0.29, 0.717) is 34.7 Å². The monoisotopic (exact) mass is 1830 g/mol. The molecule has 46 heteroatoms. The lowest BCUT2D eigenvalue weighted by molar-refractivity contribution is -0.153. The van der Waals surface area contributed by atoms with Crippen molar-refractivity contribution in [3.63, 3.8) is 0 Å². The number of imidazole rings is 2. The Morgan fingerprint density at radius 3 is 1.60 bits per heavy atom. The minimum Gasteiger partial charge on any atom is -0.497 e. The summed E-state index contributed by atoms with van der Waals surface area (Å²) in [6.07, 6.45) is -19.8. The van der Waals surface area contributed by atoms with Gasteiger partial charge in [0.15, 0.2) is 65.1 Å². The zero-order chi connectivity index (χ0) is 90.9. The molecule has 2 amide bonds. The minimum atomic E-state index is -3.63. The van der Waals surface area contributed by atoms with Crippen LogP contribution in [0.1, 0.15) is 108 Å². The number of ether oxygens (including phenoxy) is 8. The average Bonchev–Trinajstić information content (AvgIpc) is 1.34. The van der Waals surface area contributed by atoms with Gasteiger partial charge in [0, 0.05) is 62.2 Å². The summed E-state index contributed by atoms with van der Waals surface area (Å²) < 4.78 is 134. The number of carbonyl (C=O) groups excluding carboxylic acids is 4. The van der Waals surface area contributed by atoms with Gasteiger partial charge in [0.25, 0.3) is 22.9 Å². The normalized spacial score (nSPS) is 23.0. The fourth-order valence-electron chi connectivity index (χ4n) is 15.0. The minimum absolute atomic E-state index is 0.00741. The standard InChI is InChI=1S/C83H84N15O28P3/c1-44(2)35-84-80-92-72-63(76(107)93-80)88-43-98(72)79-65(102)67(56(121-79)37-115-83(49-20-14-9-15-21-49,50-23-27-52(113-5)28-24-50)51-25-29-53(114-6)30-26-51)124-128(111)117-39-57-68(64(101)77(122-57)95-33-32-59(90-81(95)108)89-74(105)47-16-10-7-11-17-47)125-129(112)118-40-58-69(66(103)78(123-58)97-42-87-62-70(85-41-86-71(62)97)91-75(106)48-18-12-8-13-19-48)126-127(110)116-38-55-54(120-61(100)31-22-46(4)99)34-60(119-55)96-36-45(3)73(104)94-82(96)109/h7-21,23-30,32-33,36,41-44,54-58,60,64-69,77-79,101-103H,22,31,34-35,37-40H2,1-6H3,(H2-3,84,85,86,89,90,91,92,93,94,104,105,106,107,108,109)/p+3/t54-,55+,56+,57+,58+,60+,64+,65+,66+,67+,68+,69+,77+,78+,79+/m0/s1. The van der Waals surface area contributed by atoms with Crippen molar-refractivity contribution in [2.45, 2.75) is 145 Å². The van der Waals surface area contributed by atoms with Crippen LogP contribution in [-0.2, 0) is 84.4 Å². The topological polar surface area (TPSA) is 542 Å². The van der Waals surface area contributed by atoms with E-state index in [9.17, 15) is 67.4 Å². The van der Waals surface area contributed by atoms with Crippen molar-refractivity contribution in [2.75, 3.05) is 63.1 Å². The van der Waals surface area contributed by atoms with Crippen LogP contribution < -0.4 is 47.9 Å². The summed E-state index contributed by atoms with van der Waals surface area (Å²) in [7, 11) is -7.60. The number of esters is 1. The molecule has 0 radical (unpaired) electrons. The highest BCUT2D eigenvalue weighted by molar-refractivity contribution is 7.33. The number of nitrogens with one attached hydrogen (secondary N) is 5. The predicted octanol–water partition coefficient (Wildman–Crippen LogP) is 7.19. The quantitative estimate of drug-likeness (QED) is 0.0108. The van der Waals surface area contributed by atoms with Crippen molar-refractivity contribution in [3.05, 3.63) is 252 Å². The molecule has 6 aromatic heterocycles. The molecule has 11 aromatic rings. The molecule has 4 aliphatic heterocycles. The Labute approximate surface area is 733 Å². The number of carbonyl (C=O) groups is 4. The number of rotatable bonds is 38. The molecule has 129 heavy (non-hydrogen) atoms. The van der Waals surface area contributed by atoms with E-state index in [1.165, 1.54) is 74.3 Å². The molecule has 4 fully saturated rings. The number of methoxy groups -OCH3 is 2. The number of fused-ring (bicyclic) bond motifs is 2. The van der Waals surface area contributed by atoms with Gasteiger partial charge in [0.2, 0.25) is 5.95 Å². The molecule has 10 heterocycles. The van der Waals surface area contributed by atoms with Crippen LogP contribution in [-0.4, -0.2) is 211 Å². The van der Waals surface area contributed by atoms with E-state index >= 15 is 0 Å². The van der Waals surface area contributed by atoms with Gasteiger partial charge in [0.1, 0.15) is 110 Å². The first kappa shape index (κ1) is 91.5. The molecule has 43 nitrogen and oxygen atoms in total. The fraction of sp³-hybridized carbons (Fsp3) is 0.373. The molecule has 8 N–H and O–H groups in total. The molecule has 18 atom stereocenters. The number of anilines is 3. The average molecular weight is 1840 g/mol. The summed E-state index contributed by atoms with van der Waals surface area (Å²) in [5.41, 5.74) is -2.69. The van der Waals surface area contributed by atoms with Crippen LogP contribution in [0.15, 0.2) is 196 Å². The SMILES string of the molecule is COc1ccc(C(OC[C@H]2O[C@@H](n3cnc4c(=O)[nH]c(NCC(C)C)nc43)[C@H](O)[C@@H]2O[P+](=O)OC[C@H]2O[C@@H](n3ccc(NC(=O)c4ccccc4)nc3=O)[C@H](O)[C@@H]2O[P+](=O)OC[C@H]2O[C@@H](n3cnc4c(NC(=O)c5ccccc5)ncnc43)[C@H](O)[C@@H]2O[P+](=O)OC[C@H]2O[C@@H](n3cc(C)c(=O)[nH]c3=O)C[C@@H]2OC(=O)CCC(C)=O)(c2ccccc2)c2ccc(OC)cc2)cc1. The van der Waals surface area contributed by atoms with Gasteiger partial charge >= 0.3 is 42.1 Å². The van der Waals surface area contributed by atoms with Gasteiger partial charge in [-0.1, -0.05) is 105 Å². The van der Waals surface area contributed by atoms with Gasteiger partial charge < -0.3 is 74.0 Å². The van der Waals surface area contributed by atoms with Crippen molar-refractivity contribution in [1.82, 2.24) is 58.1 Å². The molecule has 5 aromatic carbocycles. The second-order valence-electron chi connectivity index (χ2n) is 30.5. The number of amides is 2. The van der Waals surface area contributed by atoms with Crippen LogP contribution in [0.25, 0.3) is 22.3 Å². The number of hydrogen-bond acceptors (Lipinski definition) is 35. The number of aryl methyl sites for hydroxylation is 1. The van der Waals surface area contributed by atoms with E-state index in [0.717, 1.165) is 21.7 Å². The first-order chi connectivity index (χ1) is 62.2. The molecular weight excluding hydrogens is 1750 g/mol. The zero-order valence-corrected chi connectivity index (χ0v) is 72.2. The molecule has 0 bridgehead atoms. The number of nitrogens with zero attached hydrogens (tertiary/aromatic N) is 10. The number of hydrogen-bond donors (Lipinski definition) is 8. The largest absolute Gasteiger partial charge is 0.697 e. The van der Waals surface area contributed by atoms with Crippen LogP contribution in [0, 0.1) is 12.8 Å². The van der Waals surface area contributed by atoms with E-state index < -0.39 is 189 Å². The predicted molar refractivity (Wildman–Crippen MR) is 452 cm³/mol. The maximum absolute atomic E-state index is 15.0. The van der Waals surface area contributed by atoms with Crippen LogP contribution in [0.4, 0.5) is 17.6 Å². The second kappa shape index (κ2) is 40.6. The Hall–Kier alpha value is -12.2. The summed E-state index contributed by atoms with van der Waals surface area (Å²) in [4.78, 5) is 136. The fourth-order valence-corrected chi connectivity index (χ4v) is 17.4. The van der Waals surface area contributed by atoms with E-state index in [-0.39, 0.29) is 87.6 Å². The third-order valence-electron chi connectivity index (χ3n) is 21.5. The highest BCUT2D eigenvalue weighted by atomic mass is 31.1. The van der Waals surface area contributed by atoms with E-state index in [4.69, 9.17) is 65.0 Å². The number of aliphatic hydroxyl groups excluding tert-OH is 3. The van der Waals surface area contributed by atoms with Crippen molar-refractivity contribution < 1.29 is 113 Å². The van der Waals surface area contributed by atoms with Crippen LogP contribution in [0.5, 0.6) is 11.5 Å². The Morgan fingerprint density at radius 1 is 0.558 bits per heavy atom. The number of ketones is 1.